The maximum absolute atomic E-state index is 14.0. The van der Waals surface area contributed by atoms with Crippen molar-refractivity contribution in [2.75, 3.05) is 13.7 Å². The number of fused-ring (bicyclic) bond motifs is 1. The quantitative estimate of drug-likeness (QED) is 0.258. The maximum Gasteiger partial charge on any atom is 0.312 e. The van der Waals surface area contributed by atoms with Gasteiger partial charge in [0, 0.05) is 23.9 Å². The van der Waals surface area contributed by atoms with E-state index in [2.05, 4.69) is 26.9 Å². The minimum absolute atomic E-state index is 0.0239. The Labute approximate surface area is 267 Å². The third-order valence-corrected chi connectivity index (χ3v) is 10.5. The molecule has 1 aromatic heterocycles. The number of aromatic nitrogens is 1. The molecule has 5 N–H and O–H groups in total. The number of hydrogen-bond donors (Lipinski definition) is 4. The second-order valence-corrected chi connectivity index (χ2v) is 15.1. The van der Waals surface area contributed by atoms with Crippen molar-refractivity contribution in [2.45, 2.75) is 75.4 Å². The summed E-state index contributed by atoms with van der Waals surface area (Å²) in [5.41, 5.74) is 3.08. The Morgan fingerprint density at radius 1 is 1.20 bits per heavy atom. The summed E-state index contributed by atoms with van der Waals surface area (Å²) in [5.74, 6) is -1.67. The Morgan fingerprint density at radius 2 is 1.91 bits per heavy atom. The summed E-state index contributed by atoms with van der Waals surface area (Å²) in [5, 5.41) is 6.10. The third-order valence-electron chi connectivity index (χ3n) is 8.71. The van der Waals surface area contributed by atoms with E-state index in [1.807, 2.05) is 6.07 Å². The maximum atomic E-state index is 14.0. The lowest BCUT2D eigenvalue weighted by molar-refractivity contribution is -0.142. The Bertz CT molecular complexity index is 1690. The van der Waals surface area contributed by atoms with Gasteiger partial charge in [-0.1, -0.05) is 26.8 Å². The topological polar surface area (TPSA) is 199 Å². The van der Waals surface area contributed by atoms with Gasteiger partial charge in [-0.2, -0.15) is 0 Å². The van der Waals surface area contributed by atoms with E-state index >= 15 is 0 Å². The van der Waals surface area contributed by atoms with E-state index in [0.717, 1.165) is 5.39 Å². The molecule has 15 heteroatoms. The van der Waals surface area contributed by atoms with Crippen molar-refractivity contribution in [1.29, 1.82) is 0 Å². The molecule has 0 spiro atoms. The van der Waals surface area contributed by atoms with Crippen molar-refractivity contribution < 1.29 is 37.1 Å². The minimum Gasteiger partial charge on any atom is -0.497 e. The number of amides is 5. The van der Waals surface area contributed by atoms with Crippen LogP contribution >= 0.6 is 0 Å². The van der Waals surface area contributed by atoms with Crippen molar-refractivity contribution in [2.24, 2.45) is 17.1 Å². The summed E-state index contributed by atoms with van der Waals surface area (Å²) < 4.78 is 38.9. The molecule has 0 bridgehead atoms. The monoisotopic (exact) mass is 656 g/mol. The van der Waals surface area contributed by atoms with Crippen LogP contribution in [0.25, 0.3) is 10.8 Å². The molecule has 2 aliphatic carbocycles. The number of sulfonamides is 1. The van der Waals surface area contributed by atoms with Gasteiger partial charge in [0.1, 0.15) is 29.5 Å². The molecule has 1 aromatic carbocycles. The highest BCUT2D eigenvalue weighted by atomic mass is 32.2. The molecule has 3 aliphatic rings. The molecule has 14 nitrogen and oxygen atoms in total. The third kappa shape index (κ3) is 6.59. The van der Waals surface area contributed by atoms with Crippen LogP contribution in [-0.2, 0) is 24.4 Å². The molecule has 1 saturated heterocycles. The predicted molar refractivity (Wildman–Crippen MR) is 168 cm³/mol. The lowest BCUT2D eigenvalue weighted by Gasteiger charge is -2.35. The van der Waals surface area contributed by atoms with Gasteiger partial charge in [-0.05, 0) is 54.3 Å². The first kappa shape index (κ1) is 33.0. The zero-order chi connectivity index (χ0) is 33.6. The number of ether oxygens (including phenoxy) is 2. The van der Waals surface area contributed by atoms with E-state index in [4.69, 9.17) is 15.2 Å². The Balaban J connectivity index is 1.43. The van der Waals surface area contributed by atoms with E-state index in [9.17, 15) is 27.6 Å². The number of rotatable bonds is 11. The fraction of sp³-hybridized carbons (Fsp3) is 0.516. The summed E-state index contributed by atoms with van der Waals surface area (Å²) in [4.78, 5) is 58.9. The normalized spacial score (nSPS) is 24.9. The lowest BCUT2D eigenvalue weighted by atomic mass is 9.85. The minimum atomic E-state index is -3.88. The molecular formula is C31H40N6O8S. The molecule has 2 saturated carbocycles. The fourth-order valence-electron chi connectivity index (χ4n) is 5.86. The first-order chi connectivity index (χ1) is 21.6. The molecule has 46 heavy (non-hydrogen) atoms. The van der Waals surface area contributed by atoms with Crippen LogP contribution in [0, 0.1) is 11.3 Å². The van der Waals surface area contributed by atoms with Crippen LogP contribution in [0.1, 0.15) is 46.5 Å². The summed E-state index contributed by atoms with van der Waals surface area (Å²) in [6, 6.07) is 4.05. The Hall–Kier alpha value is -4.40. The van der Waals surface area contributed by atoms with Crippen molar-refractivity contribution in [3.05, 3.63) is 43.1 Å². The number of pyridine rings is 1. The van der Waals surface area contributed by atoms with Gasteiger partial charge in [0.05, 0.1) is 18.9 Å². The van der Waals surface area contributed by atoms with Crippen LogP contribution in [0.3, 0.4) is 0 Å². The highest BCUT2D eigenvalue weighted by Crippen LogP contribution is 2.45. The van der Waals surface area contributed by atoms with Crippen LogP contribution in [0.4, 0.5) is 4.79 Å². The van der Waals surface area contributed by atoms with Gasteiger partial charge in [-0.3, -0.25) is 19.1 Å². The zero-order valence-corrected chi connectivity index (χ0v) is 27.1. The van der Waals surface area contributed by atoms with Crippen LogP contribution in [-0.4, -0.2) is 84.7 Å². The fourth-order valence-corrected chi connectivity index (χ4v) is 7.22. The summed E-state index contributed by atoms with van der Waals surface area (Å²) in [6.45, 7) is 8.93. The van der Waals surface area contributed by atoms with Gasteiger partial charge < -0.3 is 30.7 Å². The van der Waals surface area contributed by atoms with Crippen molar-refractivity contribution in [3.8, 4) is 11.6 Å². The number of nitrogens with zero attached hydrogens (tertiary/aromatic N) is 2. The Morgan fingerprint density at radius 3 is 2.50 bits per heavy atom. The number of likely N-dealkylation sites (tertiary alicyclic amines) is 1. The van der Waals surface area contributed by atoms with Crippen LogP contribution in [0.2, 0.25) is 0 Å². The van der Waals surface area contributed by atoms with Gasteiger partial charge in [-0.25, -0.2) is 18.2 Å². The second kappa shape index (κ2) is 12.1. The van der Waals surface area contributed by atoms with E-state index in [0.29, 0.717) is 24.0 Å². The predicted octanol–water partition coefficient (Wildman–Crippen LogP) is 1.34. The van der Waals surface area contributed by atoms with E-state index in [-0.39, 0.29) is 25.3 Å². The number of primary amides is 1. The van der Waals surface area contributed by atoms with Crippen molar-refractivity contribution in [3.63, 3.8) is 0 Å². The number of nitrogens with one attached hydrogen (secondary N) is 3. The zero-order valence-electron chi connectivity index (χ0n) is 26.2. The molecule has 5 atom stereocenters. The van der Waals surface area contributed by atoms with Crippen LogP contribution in [0.15, 0.2) is 43.1 Å². The molecule has 248 valence electrons. The molecule has 5 amide bonds. The number of benzene rings is 1. The van der Waals surface area contributed by atoms with E-state index < -0.39 is 74.1 Å². The highest BCUT2D eigenvalue weighted by molar-refractivity contribution is 7.91. The average Bonchev–Trinajstić information content (AvgIpc) is 3.91. The molecule has 2 aromatic rings. The summed E-state index contributed by atoms with van der Waals surface area (Å²) in [7, 11) is -2.32. The number of carbonyl (C=O) groups excluding carboxylic acids is 4. The number of carbonyl (C=O) groups is 4. The first-order valence-corrected chi connectivity index (χ1v) is 16.6. The van der Waals surface area contributed by atoms with Crippen molar-refractivity contribution in [1.82, 2.24) is 25.2 Å². The van der Waals surface area contributed by atoms with E-state index in [1.165, 1.54) is 11.0 Å². The smallest absolute Gasteiger partial charge is 0.312 e. The second-order valence-electron chi connectivity index (χ2n) is 13.2. The van der Waals surface area contributed by atoms with Gasteiger partial charge in [-0.15, -0.1) is 6.58 Å². The number of methoxy groups -OCH3 is 1. The van der Waals surface area contributed by atoms with Gasteiger partial charge in [0.2, 0.25) is 27.7 Å². The van der Waals surface area contributed by atoms with Gasteiger partial charge in [0.25, 0.3) is 5.91 Å². The van der Waals surface area contributed by atoms with Gasteiger partial charge >= 0.3 is 6.03 Å². The number of nitrogens with two attached hydrogens (primary N) is 1. The summed E-state index contributed by atoms with van der Waals surface area (Å²) >= 11 is 0. The van der Waals surface area contributed by atoms with Gasteiger partial charge in [0.15, 0.2) is 0 Å². The highest BCUT2D eigenvalue weighted by Gasteiger charge is 2.62. The SMILES string of the molecule is C=C[C@@H]1C[C@]1(NC(=O)[C@@H]1C[C@@H](Oc2nccc3cc(OC)ccc23)CN1C(=O)[C@@H](NC(N)=O)C(C)(C)C)C(=O)NS(=O)(=O)C1CC1. The Kier molecular flexibility index (Phi) is 8.66. The molecule has 5 rings (SSSR count). The van der Waals surface area contributed by atoms with Crippen LogP contribution < -0.4 is 30.6 Å². The largest absolute Gasteiger partial charge is 0.497 e. The molecule has 1 aliphatic heterocycles. The van der Waals surface area contributed by atoms with Crippen molar-refractivity contribution >= 4 is 44.5 Å². The average molecular weight is 657 g/mol. The summed E-state index contributed by atoms with van der Waals surface area (Å²) in [6.07, 6.45) is 3.44. The van der Waals surface area contributed by atoms with Crippen LogP contribution in [0.5, 0.6) is 11.6 Å². The molecule has 0 radical (unpaired) electrons. The first-order valence-electron chi connectivity index (χ1n) is 15.1. The number of urea groups is 1. The standard InChI is InChI=1S/C31H40N6O8S/c1-6-18-15-31(18,28(40)36-46(42,43)21-8-9-21)35-25(38)23-14-20(16-37(23)27(39)24(30(2,3)4)34-29(32)41)45-26-22-10-7-19(44-5)13-17(22)11-12-33-26/h6-7,10-13,18,20-21,23-24H,1,8-9,14-16H2,2-5H3,(H,35,38)(H,36,40)(H3,32,34,41)/t18-,20-,23+,24-,31-/m1/s1. The number of hydrogen-bond acceptors (Lipinski definition) is 9. The van der Waals surface area contributed by atoms with E-state index in [1.54, 1.807) is 52.3 Å². The lowest BCUT2D eigenvalue weighted by Crippen LogP contribution is -2.60. The molecule has 3 fully saturated rings. The molecule has 2 heterocycles. The molecular weight excluding hydrogens is 616 g/mol. The molecule has 0 unspecified atom stereocenters.